The molecule has 0 saturated carbocycles. The predicted molar refractivity (Wildman–Crippen MR) is 75.5 cm³/mol. The molecule has 1 N–H and O–H groups in total. The Kier molecular flexibility index (Phi) is 5.55. The predicted octanol–water partition coefficient (Wildman–Crippen LogP) is 1.87. The molecule has 0 unspecified atom stereocenters. The lowest BCUT2D eigenvalue weighted by Gasteiger charge is -2.28. The second kappa shape index (κ2) is 6.92. The van der Waals surface area contributed by atoms with Crippen molar-refractivity contribution in [3.63, 3.8) is 0 Å². The first-order valence-corrected chi connectivity index (χ1v) is 6.56. The van der Waals surface area contributed by atoms with Crippen LogP contribution in [-0.4, -0.2) is 29.8 Å². The number of rotatable bonds is 5. The highest BCUT2D eigenvalue weighted by Gasteiger charge is 2.24. The summed E-state index contributed by atoms with van der Waals surface area (Å²) in [5, 5.41) is 2.59. The van der Waals surface area contributed by atoms with Gasteiger partial charge in [0.1, 0.15) is 6.04 Å². The number of nitrogens with one attached hydrogen (secondary N) is 1. The van der Waals surface area contributed by atoms with Crippen molar-refractivity contribution in [2.75, 3.05) is 7.05 Å². The van der Waals surface area contributed by atoms with Gasteiger partial charge in [-0.3, -0.25) is 9.59 Å². The van der Waals surface area contributed by atoms with Crippen LogP contribution in [0.15, 0.2) is 24.3 Å². The molecule has 0 aliphatic heterocycles. The van der Waals surface area contributed by atoms with Crippen LogP contribution in [0.1, 0.15) is 31.4 Å². The summed E-state index contributed by atoms with van der Waals surface area (Å²) in [4.78, 5) is 25.4. The summed E-state index contributed by atoms with van der Waals surface area (Å²) in [5.41, 5.74) is 2.19. The van der Waals surface area contributed by atoms with E-state index in [2.05, 4.69) is 5.32 Å². The van der Waals surface area contributed by atoms with Crippen LogP contribution in [0.5, 0.6) is 0 Å². The summed E-state index contributed by atoms with van der Waals surface area (Å²) in [5.74, 6) is -0.158. The molecular formula is C15H22N2O2. The molecule has 19 heavy (non-hydrogen) atoms. The smallest absolute Gasteiger partial charge is 0.242 e. The van der Waals surface area contributed by atoms with Gasteiger partial charge in [0.15, 0.2) is 0 Å². The van der Waals surface area contributed by atoms with E-state index in [0.29, 0.717) is 13.0 Å². The third-order valence-electron chi connectivity index (χ3n) is 3.32. The van der Waals surface area contributed by atoms with Gasteiger partial charge in [-0.25, -0.2) is 0 Å². The highest BCUT2D eigenvalue weighted by Crippen LogP contribution is 2.14. The fourth-order valence-electron chi connectivity index (χ4n) is 1.97. The highest BCUT2D eigenvalue weighted by atomic mass is 16.2. The van der Waals surface area contributed by atoms with Crippen molar-refractivity contribution < 1.29 is 9.59 Å². The Hall–Kier alpha value is -1.84. The van der Waals surface area contributed by atoms with Gasteiger partial charge in [-0.15, -0.1) is 0 Å². The van der Waals surface area contributed by atoms with Crippen LogP contribution in [0.25, 0.3) is 0 Å². The number of hydrogen-bond acceptors (Lipinski definition) is 2. The minimum atomic E-state index is -0.461. The third kappa shape index (κ3) is 3.81. The molecule has 0 aromatic heterocycles. The van der Waals surface area contributed by atoms with Gasteiger partial charge in [-0.05, 0) is 25.0 Å². The van der Waals surface area contributed by atoms with E-state index in [1.165, 1.54) is 0 Å². The number of benzene rings is 1. The first-order valence-electron chi connectivity index (χ1n) is 6.56. The Morgan fingerprint density at radius 2 is 1.95 bits per heavy atom. The minimum Gasteiger partial charge on any atom is -0.357 e. The van der Waals surface area contributed by atoms with Crippen molar-refractivity contribution in [1.29, 1.82) is 0 Å². The van der Waals surface area contributed by atoms with Crippen LogP contribution in [0.4, 0.5) is 0 Å². The van der Waals surface area contributed by atoms with Crippen LogP contribution >= 0.6 is 0 Å². The number of carbonyl (C=O) groups excluding carboxylic acids is 2. The molecule has 0 heterocycles. The number of hydrogen-bond donors (Lipinski definition) is 1. The number of nitrogens with zero attached hydrogens (tertiary/aromatic N) is 1. The zero-order chi connectivity index (χ0) is 14.4. The van der Waals surface area contributed by atoms with Crippen LogP contribution < -0.4 is 5.32 Å². The maximum atomic E-state index is 12.0. The van der Waals surface area contributed by atoms with Gasteiger partial charge in [-0.1, -0.05) is 31.2 Å². The molecule has 0 fully saturated rings. The summed E-state index contributed by atoms with van der Waals surface area (Å²) in [6.45, 7) is 6.04. The van der Waals surface area contributed by atoms with Gasteiger partial charge in [0.05, 0.1) is 0 Å². The van der Waals surface area contributed by atoms with E-state index < -0.39 is 6.04 Å². The van der Waals surface area contributed by atoms with Gasteiger partial charge in [0.25, 0.3) is 0 Å². The third-order valence-corrected chi connectivity index (χ3v) is 3.32. The molecule has 1 aromatic carbocycles. The van der Waals surface area contributed by atoms with Crippen molar-refractivity contribution in [1.82, 2.24) is 10.2 Å². The Balaban J connectivity index is 2.96. The normalized spacial score (nSPS) is 11.8. The maximum Gasteiger partial charge on any atom is 0.242 e. The lowest BCUT2D eigenvalue weighted by Crippen LogP contribution is -2.46. The van der Waals surface area contributed by atoms with E-state index in [9.17, 15) is 9.59 Å². The first-order chi connectivity index (χ1) is 9.01. The van der Waals surface area contributed by atoms with Crippen molar-refractivity contribution in [3.05, 3.63) is 35.4 Å². The summed E-state index contributed by atoms with van der Waals surface area (Å²) in [6, 6.07) is 7.45. The second-order valence-electron chi connectivity index (χ2n) is 4.59. The fraction of sp³-hybridized carbons (Fsp3) is 0.467. The Labute approximate surface area is 114 Å². The lowest BCUT2D eigenvalue weighted by atomic mass is 10.1. The summed E-state index contributed by atoms with van der Waals surface area (Å²) < 4.78 is 0. The van der Waals surface area contributed by atoms with Crippen molar-refractivity contribution in [2.24, 2.45) is 0 Å². The molecule has 0 spiro atoms. The van der Waals surface area contributed by atoms with E-state index >= 15 is 0 Å². The number of carbonyl (C=O) groups is 2. The molecule has 0 aliphatic carbocycles. The molecule has 0 aliphatic rings. The van der Waals surface area contributed by atoms with E-state index in [0.717, 1.165) is 11.1 Å². The molecule has 1 aromatic rings. The molecule has 104 valence electrons. The quantitative estimate of drug-likeness (QED) is 0.880. The molecule has 1 atom stereocenters. The van der Waals surface area contributed by atoms with E-state index in [-0.39, 0.29) is 11.8 Å². The molecule has 2 amide bonds. The Bertz CT molecular complexity index is 457. The van der Waals surface area contributed by atoms with Crippen LogP contribution in [0.2, 0.25) is 0 Å². The Morgan fingerprint density at radius 3 is 2.47 bits per heavy atom. The summed E-state index contributed by atoms with van der Waals surface area (Å²) in [7, 11) is 1.58. The van der Waals surface area contributed by atoms with Crippen LogP contribution in [0, 0.1) is 6.92 Å². The largest absolute Gasteiger partial charge is 0.357 e. The fourth-order valence-corrected chi connectivity index (χ4v) is 1.97. The van der Waals surface area contributed by atoms with Gasteiger partial charge in [-0.2, -0.15) is 0 Å². The molecular weight excluding hydrogens is 240 g/mol. The first kappa shape index (κ1) is 15.2. The molecule has 0 saturated heterocycles. The average Bonchev–Trinajstić information content (AvgIpc) is 2.44. The van der Waals surface area contributed by atoms with Crippen molar-refractivity contribution in [2.45, 2.75) is 39.8 Å². The zero-order valence-corrected chi connectivity index (χ0v) is 12.1. The van der Waals surface area contributed by atoms with Crippen LogP contribution in [-0.2, 0) is 16.1 Å². The summed E-state index contributed by atoms with van der Waals surface area (Å²) in [6.07, 6.45) is 0.396. The molecule has 4 heteroatoms. The topological polar surface area (TPSA) is 49.4 Å². The molecule has 0 radical (unpaired) electrons. The average molecular weight is 262 g/mol. The van der Waals surface area contributed by atoms with Gasteiger partial charge in [0, 0.05) is 20.0 Å². The van der Waals surface area contributed by atoms with Gasteiger partial charge >= 0.3 is 0 Å². The summed E-state index contributed by atoms with van der Waals surface area (Å²) >= 11 is 0. The highest BCUT2D eigenvalue weighted by molar-refractivity contribution is 5.87. The monoisotopic (exact) mass is 262 g/mol. The number of aryl methyl sites for hydroxylation is 1. The van der Waals surface area contributed by atoms with E-state index in [1.54, 1.807) is 18.9 Å². The zero-order valence-electron chi connectivity index (χ0n) is 12.1. The van der Waals surface area contributed by atoms with Gasteiger partial charge in [0.2, 0.25) is 11.8 Å². The van der Waals surface area contributed by atoms with Crippen LogP contribution in [0.3, 0.4) is 0 Å². The molecule has 4 nitrogen and oxygen atoms in total. The number of likely N-dealkylation sites (N-methyl/N-ethyl adjacent to an activating group) is 1. The van der Waals surface area contributed by atoms with E-state index in [4.69, 9.17) is 0 Å². The van der Waals surface area contributed by atoms with Gasteiger partial charge < -0.3 is 10.2 Å². The van der Waals surface area contributed by atoms with E-state index in [1.807, 2.05) is 38.1 Å². The minimum absolute atomic E-state index is 0.0145. The van der Waals surface area contributed by atoms with Crippen molar-refractivity contribution >= 4 is 11.8 Å². The number of amides is 2. The molecule has 0 bridgehead atoms. The second-order valence-corrected chi connectivity index (χ2v) is 4.59. The maximum absolute atomic E-state index is 12.0. The van der Waals surface area contributed by atoms with Crippen molar-refractivity contribution in [3.8, 4) is 0 Å². The standard InChI is InChI=1S/C15H22N2O2/c1-5-14(18)17(12(3)15(19)16-4)10-13-9-7-6-8-11(13)2/h6-9,12H,5,10H2,1-4H3,(H,16,19)/t12-/m0/s1. The lowest BCUT2D eigenvalue weighted by molar-refractivity contribution is -0.140. The Morgan fingerprint density at radius 1 is 1.32 bits per heavy atom. The SMILES string of the molecule is CCC(=O)N(Cc1ccccc1C)[C@@H](C)C(=O)NC. The molecule has 1 rings (SSSR count).